The summed E-state index contributed by atoms with van der Waals surface area (Å²) in [5, 5.41) is 2.94. The predicted molar refractivity (Wildman–Crippen MR) is 102 cm³/mol. The third-order valence-electron chi connectivity index (χ3n) is 4.94. The van der Waals surface area contributed by atoms with E-state index in [0.29, 0.717) is 18.7 Å². The van der Waals surface area contributed by atoms with Crippen molar-refractivity contribution in [2.75, 3.05) is 27.3 Å². The molecule has 1 N–H and O–H groups in total. The van der Waals surface area contributed by atoms with E-state index in [9.17, 15) is 14.0 Å². The molecule has 2 aromatic carbocycles. The van der Waals surface area contributed by atoms with Gasteiger partial charge in [0.2, 0.25) is 5.91 Å². The van der Waals surface area contributed by atoms with Gasteiger partial charge in [-0.1, -0.05) is 12.1 Å². The lowest BCUT2D eigenvalue weighted by Gasteiger charge is -2.19. The Bertz CT molecular complexity index is 869. The smallest absolute Gasteiger partial charge is 0.254 e. The summed E-state index contributed by atoms with van der Waals surface area (Å²) >= 11 is 0. The quantitative estimate of drug-likeness (QED) is 0.858. The van der Waals surface area contributed by atoms with E-state index >= 15 is 0 Å². The van der Waals surface area contributed by atoms with Crippen LogP contribution in [0.3, 0.4) is 0 Å². The number of benzene rings is 2. The number of halogens is 1. The lowest BCUT2D eigenvalue weighted by molar-refractivity contribution is -0.119. The summed E-state index contributed by atoms with van der Waals surface area (Å²) in [5.74, 6) is -0.195. The summed E-state index contributed by atoms with van der Waals surface area (Å²) in [6.07, 6.45) is 0. The first-order chi connectivity index (χ1) is 13.4. The number of hydrogen-bond acceptors (Lipinski definition) is 4. The Balaban J connectivity index is 1.84. The van der Waals surface area contributed by atoms with Crippen LogP contribution in [-0.4, -0.2) is 50.1 Å². The lowest BCUT2D eigenvalue weighted by atomic mass is 9.94. The number of hydrogen-bond donors (Lipinski definition) is 1. The van der Waals surface area contributed by atoms with Crippen molar-refractivity contribution in [3.05, 3.63) is 59.4 Å². The second kappa shape index (κ2) is 8.29. The molecule has 148 valence electrons. The maximum Gasteiger partial charge on any atom is 0.254 e. The van der Waals surface area contributed by atoms with E-state index in [1.165, 1.54) is 32.2 Å². The van der Waals surface area contributed by atoms with Gasteiger partial charge in [-0.15, -0.1) is 0 Å². The molecule has 0 aromatic heterocycles. The normalized spacial score (nSPS) is 18.6. The second-order valence-corrected chi connectivity index (χ2v) is 6.75. The molecule has 7 heteroatoms. The molecule has 1 aliphatic rings. The SMILES string of the molecule is COc1ccc([C@@H]2CN(C(=O)c3ccc(F)c(OC)c3)C[C@H]2NC(C)=O)cc1. The average molecular weight is 386 g/mol. The largest absolute Gasteiger partial charge is 0.497 e. The van der Waals surface area contributed by atoms with Gasteiger partial charge < -0.3 is 19.7 Å². The van der Waals surface area contributed by atoms with Gasteiger partial charge >= 0.3 is 0 Å². The zero-order valence-corrected chi connectivity index (χ0v) is 16.1. The van der Waals surface area contributed by atoms with Crippen molar-refractivity contribution in [2.45, 2.75) is 18.9 Å². The van der Waals surface area contributed by atoms with Crippen molar-refractivity contribution in [2.24, 2.45) is 0 Å². The Morgan fingerprint density at radius 1 is 1.07 bits per heavy atom. The van der Waals surface area contributed by atoms with Gasteiger partial charge in [-0.25, -0.2) is 4.39 Å². The summed E-state index contributed by atoms with van der Waals surface area (Å²) in [5.41, 5.74) is 1.35. The van der Waals surface area contributed by atoms with Gasteiger partial charge in [0.25, 0.3) is 5.91 Å². The minimum absolute atomic E-state index is 0.0233. The molecule has 2 aromatic rings. The van der Waals surface area contributed by atoms with Crippen molar-refractivity contribution in [3.63, 3.8) is 0 Å². The van der Waals surface area contributed by atoms with Crippen LogP contribution >= 0.6 is 0 Å². The third kappa shape index (κ3) is 4.08. The van der Waals surface area contributed by atoms with Gasteiger partial charge in [0.1, 0.15) is 5.75 Å². The fourth-order valence-electron chi connectivity index (χ4n) is 3.54. The summed E-state index contributed by atoms with van der Waals surface area (Å²) < 4.78 is 23.8. The molecule has 6 nitrogen and oxygen atoms in total. The van der Waals surface area contributed by atoms with Gasteiger partial charge in [-0.05, 0) is 35.9 Å². The Kier molecular flexibility index (Phi) is 5.82. The Hall–Kier alpha value is -3.09. The number of nitrogens with one attached hydrogen (secondary N) is 1. The monoisotopic (exact) mass is 386 g/mol. The number of rotatable bonds is 5. The van der Waals surface area contributed by atoms with Crippen LogP contribution < -0.4 is 14.8 Å². The molecule has 2 amide bonds. The van der Waals surface area contributed by atoms with E-state index in [1.807, 2.05) is 24.3 Å². The molecule has 1 saturated heterocycles. The Morgan fingerprint density at radius 2 is 1.79 bits per heavy atom. The van der Waals surface area contributed by atoms with Gasteiger partial charge in [-0.2, -0.15) is 0 Å². The van der Waals surface area contributed by atoms with Crippen molar-refractivity contribution in [1.82, 2.24) is 10.2 Å². The Morgan fingerprint density at radius 3 is 2.39 bits per heavy atom. The second-order valence-electron chi connectivity index (χ2n) is 6.75. The predicted octanol–water partition coefficient (Wildman–Crippen LogP) is 2.59. The molecule has 0 radical (unpaired) electrons. The minimum Gasteiger partial charge on any atom is -0.497 e. The van der Waals surface area contributed by atoms with Crippen LogP contribution in [0.15, 0.2) is 42.5 Å². The summed E-state index contributed by atoms with van der Waals surface area (Å²) in [7, 11) is 2.96. The van der Waals surface area contributed by atoms with Crippen molar-refractivity contribution < 1.29 is 23.5 Å². The lowest BCUT2D eigenvalue weighted by Crippen LogP contribution is -2.39. The number of amides is 2. The van der Waals surface area contributed by atoms with E-state index in [0.717, 1.165) is 11.3 Å². The Labute approximate surface area is 163 Å². The fraction of sp³-hybridized carbons (Fsp3) is 0.333. The number of carbonyl (C=O) groups excluding carboxylic acids is 2. The number of likely N-dealkylation sites (tertiary alicyclic amines) is 1. The van der Waals surface area contributed by atoms with E-state index in [2.05, 4.69) is 5.32 Å². The van der Waals surface area contributed by atoms with Crippen LogP contribution in [-0.2, 0) is 4.79 Å². The summed E-state index contributed by atoms with van der Waals surface area (Å²) in [4.78, 5) is 26.3. The van der Waals surface area contributed by atoms with Crippen LogP contribution in [0.25, 0.3) is 0 Å². The van der Waals surface area contributed by atoms with E-state index < -0.39 is 5.82 Å². The average Bonchev–Trinajstić information content (AvgIpc) is 3.11. The minimum atomic E-state index is -0.521. The zero-order chi connectivity index (χ0) is 20.3. The van der Waals surface area contributed by atoms with Crippen LogP contribution in [0.2, 0.25) is 0 Å². The van der Waals surface area contributed by atoms with Gasteiger partial charge in [0.05, 0.1) is 20.3 Å². The number of methoxy groups -OCH3 is 2. The first-order valence-electron chi connectivity index (χ1n) is 8.96. The highest BCUT2D eigenvalue weighted by atomic mass is 19.1. The number of ether oxygens (including phenoxy) is 2. The molecule has 0 bridgehead atoms. The first-order valence-corrected chi connectivity index (χ1v) is 8.96. The van der Waals surface area contributed by atoms with Gasteiger partial charge in [0.15, 0.2) is 11.6 Å². The molecule has 28 heavy (non-hydrogen) atoms. The molecule has 1 heterocycles. The fourth-order valence-corrected chi connectivity index (χ4v) is 3.54. The summed E-state index contributed by atoms with van der Waals surface area (Å²) in [6.45, 7) is 2.27. The zero-order valence-electron chi connectivity index (χ0n) is 16.1. The molecule has 0 unspecified atom stereocenters. The van der Waals surface area contributed by atoms with Crippen LogP contribution in [0.5, 0.6) is 11.5 Å². The molecule has 1 aliphatic heterocycles. The third-order valence-corrected chi connectivity index (χ3v) is 4.94. The maximum absolute atomic E-state index is 13.7. The van der Waals surface area contributed by atoms with Crippen molar-refractivity contribution >= 4 is 11.8 Å². The maximum atomic E-state index is 13.7. The van der Waals surface area contributed by atoms with Crippen LogP contribution in [0.1, 0.15) is 28.8 Å². The highest BCUT2D eigenvalue weighted by Gasteiger charge is 2.37. The summed E-state index contributed by atoms with van der Waals surface area (Å²) in [6, 6.07) is 11.4. The van der Waals surface area contributed by atoms with Crippen LogP contribution in [0, 0.1) is 5.82 Å². The first kappa shape index (κ1) is 19.7. The molecular weight excluding hydrogens is 363 g/mol. The van der Waals surface area contributed by atoms with E-state index in [-0.39, 0.29) is 29.5 Å². The number of nitrogens with zero attached hydrogens (tertiary/aromatic N) is 1. The molecule has 0 aliphatic carbocycles. The highest BCUT2D eigenvalue weighted by molar-refractivity contribution is 5.95. The van der Waals surface area contributed by atoms with Gasteiger partial charge in [-0.3, -0.25) is 9.59 Å². The molecule has 1 fully saturated rings. The molecule has 0 saturated carbocycles. The standard InChI is InChI=1S/C21H23FN2O4/c1-13(25)23-19-12-24(11-17(19)14-4-7-16(27-2)8-5-14)21(26)15-6-9-18(22)20(10-15)28-3/h4-10,17,19H,11-12H2,1-3H3,(H,23,25)/t17-,19+/m0/s1. The topological polar surface area (TPSA) is 67.9 Å². The van der Waals surface area contributed by atoms with Crippen molar-refractivity contribution in [3.8, 4) is 11.5 Å². The molecule has 3 rings (SSSR count). The van der Waals surface area contributed by atoms with E-state index in [1.54, 1.807) is 12.0 Å². The molecule has 2 atom stereocenters. The highest BCUT2D eigenvalue weighted by Crippen LogP contribution is 2.30. The van der Waals surface area contributed by atoms with Gasteiger partial charge in [0, 0.05) is 31.5 Å². The van der Waals surface area contributed by atoms with Crippen molar-refractivity contribution in [1.29, 1.82) is 0 Å². The number of carbonyl (C=O) groups is 2. The molecule has 0 spiro atoms. The van der Waals surface area contributed by atoms with E-state index in [4.69, 9.17) is 9.47 Å². The van der Waals surface area contributed by atoms with Crippen LogP contribution in [0.4, 0.5) is 4.39 Å². The molecular formula is C21H23FN2O4.